The largest absolute Gasteiger partial charge is 0.481 e. The lowest BCUT2D eigenvalue weighted by atomic mass is 10.0. The van der Waals surface area contributed by atoms with E-state index in [2.05, 4.69) is 5.32 Å². The number of rotatable bonds is 7. The lowest BCUT2D eigenvalue weighted by molar-refractivity contribution is -0.131. The fourth-order valence-electron chi connectivity index (χ4n) is 1.43. The van der Waals surface area contributed by atoms with Gasteiger partial charge in [0.05, 0.1) is 19.8 Å². The highest BCUT2D eigenvalue weighted by molar-refractivity contribution is 6.30. The van der Waals surface area contributed by atoms with Crippen LogP contribution in [0.15, 0.2) is 24.3 Å². The topological polar surface area (TPSA) is 99.0 Å². The highest BCUT2D eigenvalue weighted by Crippen LogP contribution is 2.18. The maximum Gasteiger partial charge on any atom is 0.261 e. The third kappa shape index (κ3) is 4.35. The lowest BCUT2D eigenvalue weighted by Gasteiger charge is -2.30. The molecule has 0 aliphatic carbocycles. The van der Waals surface area contributed by atoms with Gasteiger partial charge in [-0.1, -0.05) is 17.7 Å². The number of carbonyl (C=O) groups is 1. The van der Waals surface area contributed by atoms with Crippen LogP contribution in [0.5, 0.6) is 5.75 Å². The van der Waals surface area contributed by atoms with Crippen molar-refractivity contribution in [1.29, 1.82) is 0 Å². The van der Waals surface area contributed by atoms with Crippen LogP contribution in [0.25, 0.3) is 0 Å². The van der Waals surface area contributed by atoms with E-state index in [4.69, 9.17) is 31.7 Å². The quantitative estimate of drug-likeness (QED) is 0.565. The van der Waals surface area contributed by atoms with Crippen LogP contribution < -0.4 is 10.1 Å². The van der Waals surface area contributed by atoms with E-state index in [1.807, 2.05) is 0 Å². The van der Waals surface area contributed by atoms with Gasteiger partial charge in [0.15, 0.2) is 6.10 Å². The van der Waals surface area contributed by atoms with E-state index in [1.165, 1.54) is 6.92 Å². The monoisotopic (exact) mass is 303 g/mol. The van der Waals surface area contributed by atoms with Gasteiger partial charge in [-0.15, -0.1) is 0 Å². The average molecular weight is 304 g/mol. The summed E-state index contributed by atoms with van der Waals surface area (Å²) in [6.45, 7) is -0.256. The number of hydrogen-bond donors (Lipinski definition) is 4. The fourth-order valence-corrected chi connectivity index (χ4v) is 1.61. The van der Waals surface area contributed by atoms with Crippen molar-refractivity contribution in [1.82, 2.24) is 5.32 Å². The molecule has 4 N–H and O–H groups in total. The minimum atomic E-state index is -1.47. The average Bonchev–Trinajstić information content (AvgIpc) is 2.44. The molecule has 112 valence electrons. The summed E-state index contributed by atoms with van der Waals surface area (Å²) in [6.07, 6.45) is -0.877. The Labute approximate surface area is 121 Å². The molecule has 20 heavy (non-hydrogen) atoms. The van der Waals surface area contributed by atoms with Gasteiger partial charge in [0.1, 0.15) is 11.3 Å². The molecule has 0 heterocycles. The van der Waals surface area contributed by atoms with Gasteiger partial charge in [-0.2, -0.15) is 0 Å². The van der Waals surface area contributed by atoms with Crippen molar-refractivity contribution in [3.8, 4) is 5.75 Å². The summed E-state index contributed by atoms with van der Waals surface area (Å²) in [7, 11) is 0. The normalized spacial score (nSPS) is 12.8. The van der Waals surface area contributed by atoms with Crippen LogP contribution in [0.4, 0.5) is 0 Å². The van der Waals surface area contributed by atoms with Gasteiger partial charge in [0, 0.05) is 5.02 Å². The third-order valence-electron chi connectivity index (χ3n) is 2.77. The van der Waals surface area contributed by atoms with E-state index in [0.29, 0.717) is 10.8 Å². The third-order valence-corrected chi connectivity index (χ3v) is 3.01. The molecular weight excluding hydrogens is 286 g/mol. The molecule has 1 atom stereocenters. The molecule has 0 fully saturated rings. The van der Waals surface area contributed by atoms with Crippen LogP contribution in [-0.4, -0.2) is 52.7 Å². The smallest absolute Gasteiger partial charge is 0.261 e. The maximum absolute atomic E-state index is 11.9. The van der Waals surface area contributed by atoms with E-state index < -0.39 is 37.4 Å². The molecule has 0 saturated heterocycles. The predicted molar refractivity (Wildman–Crippen MR) is 73.7 cm³/mol. The first-order valence-electron chi connectivity index (χ1n) is 6.03. The summed E-state index contributed by atoms with van der Waals surface area (Å²) in [5, 5.41) is 30.3. The molecule has 0 spiro atoms. The van der Waals surface area contributed by atoms with Crippen LogP contribution in [0.1, 0.15) is 6.92 Å². The summed E-state index contributed by atoms with van der Waals surface area (Å²) in [5.41, 5.74) is -1.47. The highest BCUT2D eigenvalue weighted by atomic mass is 35.5. The lowest BCUT2D eigenvalue weighted by Crippen LogP contribution is -2.59. The zero-order chi connectivity index (χ0) is 15.2. The van der Waals surface area contributed by atoms with Crippen LogP contribution in [0, 0.1) is 0 Å². The molecule has 0 saturated carbocycles. The zero-order valence-electron chi connectivity index (χ0n) is 11.0. The van der Waals surface area contributed by atoms with Crippen LogP contribution in [0.2, 0.25) is 5.02 Å². The Morgan fingerprint density at radius 2 is 1.95 bits per heavy atom. The molecule has 0 aromatic heterocycles. The first-order chi connectivity index (χ1) is 9.46. The Kier molecular flexibility index (Phi) is 6.22. The number of benzene rings is 1. The molecule has 1 aromatic carbocycles. The summed E-state index contributed by atoms with van der Waals surface area (Å²) in [6, 6.07) is 6.56. The maximum atomic E-state index is 11.9. The number of carbonyl (C=O) groups excluding carboxylic acids is 1. The van der Waals surface area contributed by atoms with Crippen LogP contribution >= 0.6 is 11.6 Å². The molecular formula is C13H18ClNO5. The molecule has 0 bridgehead atoms. The van der Waals surface area contributed by atoms with Crippen LogP contribution in [-0.2, 0) is 4.79 Å². The van der Waals surface area contributed by atoms with Crippen molar-refractivity contribution in [3.05, 3.63) is 29.3 Å². The van der Waals surface area contributed by atoms with Crippen LogP contribution in [0.3, 0.4) is 0 Å². The molecule has 1 aromatic rings. The summed E-state index contributed by atoms with van der Waals surface area (Å²) in [4.78, 5) is 11.9. The second-order valence-electron chi connectivity index (χ2n) is 4.46. The van der Waals surface area contributed by atoms with Gasteiger partial charge in [0.2, 0.25) is 0 Å². The molecule has 0 aliphatic heterocycles. The fraction of sp³-hybridized carbons (Fsp3) is 0.462. The van der Waals surface area contributed by atoms with E-state index in [-0.39, 0.29) is 0 Å². The number of hydrogen-bond acceptors (Lipinski definition) is 5. The highest BCUT2D eigenvalue weighted by Gasteiger charge is 2.32. The van der Waals surface area contributed by atoms with Gasteiger partial charge >= 0.3 is 0 Å². The second-order valence-corrected chi connectivity index (χ2v) is 4.90. The number of ether oxygens (including phenoxy) is 1. The van der Waals surface area contributed by atoms with E-state index >= 15 is 0 Å². The second kappa shape index (κ2) is 7.44. The van der Waals surface area contributed by atoms with E-state index in [9.17, 15) is 4.79 Å². The molecule has 6 nitrogen and oxygen atoms in total. The summed E-state index contributed by atoms with van der Waals surface area (Å²) in [5.74, 6) is -0.148. The number of aliphatic hydroxyl groups excluding tert-OH is 3. The molecule has 0 aliphatic rings. The van der Waals surface area contributed by atoms with Gasteiger partial charge in [0.25, 0.3) is 5.91 Å². The SMILES string of the molecule is CC(Oc1cccc(Cl)c1)C(=O)NC(CO)(CO)CO. The first kappa shape index (κ1) is 16.7. The van der Waals surface area contributed by atoms with Crippen molar-refractivity contribution in [2.45, 2.75) is 18.6 Å². The number of aliphatic hydroxyl groups is 3. The molecule has 1 rings (SSSR count). The Morgan fingerprint density at radius 1 is 1.35 bits per heavy atom. The minimum absolute atomic E-state index is 0.419. The Bertz CT molecular complexity index is 442. The Morgan fingerprint density at radius 3 is 2.45 bits per heavy atom. The van der Waals surface area contributed by atoms with Crippen molar-refractivity contribution in [3.63, 3.8) is 0 Å². The Hall–Kier alpha value is -1.34. The van der Waals surface area contributed by atoms with Gasteiger partial charge in [-0.3, -0.25) is 4.79 Å². The van der Waals surface area contributed by atoms with Crippen molar-refractivity contribution in [2.75, 3.05) is 19.8 Å². The molecule has 0 radical (unpaired) electrons. The van der Waals surface area contributed by atoms with E-state index in [1.54, 1.807) is 24.3 Å². The van der Waals surface area contributed by atoms with Gasteiger partial charge in [-0.25, -0.2) is 0 Å². The van der Waals surface area contributed by atoms with E-state index in [0.717, 1.165) is 0 Å². The number of nitrogens with one attached hydrogen (secondary N) is 1. The van der Waals surface area contributed by atoms with Gasteiger partial charge < -0.3 is 25.4 Å². The molecule has 1 unspecified atom stereocenters. The summed E-state index contributed by atoms with van der Waals surface area (Å²) >= 11 is 5.80. The predicted octanol–water partition coefficient (Wildman–Crippen LogP) is -0.0608. The zero-order valence-corrected chi connectivity index (χ0v) is 11.8. The minimum Gasteiger partial charge on any atom is -0.481 e. The first-order valence-corrected chi connectivity index (χ1v) is 6.41. The Balaban J connectivity index is 2.67. The molecule has 7 heteroatoms. The van der Waals surface area contributed by atoms with Crippen molar-refractivity contribution >= 4 is 17.5 Å². The molecule has 1 amide bonds. The van der Waals surface area contributed by atoms with Crippen molar-refractivity contribution < 1.29 is 24.9 Å². The van der Waals surface area contributed by atoms with Gasteiger partial charge in [-0.05, 0) is 25.1 Å². The standard InChI is InChI=1S/C13H18ClNO5/c1-9(20-11-4-2-3-10(14)5-11)12(19)15-13(6-16,7-17)8-18/h2-5,9,16-18H,6-8H2,1H3,(H,15,19). The van der Waals surface area contributed by atoms with Crippen molar-refractivity contribution in [2.24, 2.45) is 0 Å². The summed E-state index contributed by atoms with van der Waals surface area (Å²) < 4.78 is 5.39. The number of amides is 1. The number of halogens is 1.